The Bertz CT molecular complexity index is 563. The number of carboxylic acids is 1. The zero-order chi connectivity index (χ0) is 12.4. The van der Waals surface area contributed by atoms with E-state index < -0.39 is 5.97 Å². The van der Waals surface area contributed by atoms with E-state index in [-0.39, 0.29) is 5.56 Å². The lowest BCUT2D eigenvalue weighted by atomic mass is 10.2. The minimum atomic E-state index is -0.942. The molecular weight excluding hydrogens is 284 g/mol. The predicted molar refractivity (Wildman–Crippen MR) is 67.2 cm³/mol. The zero-order valence-electron chi connectivity index (χ0n) is 9.22. The molecule has 0 spiro atoms. The van der Waals surface area contributed by atoms with Crippen LogP contribution < -0.4 is 0 Å². The van der Waals surface area contributed by atoms with Crippen LogP contribution in [-0.2, 0) is 6.54 Å². The maximum Gasteiger partial charge on any atom is 0.339 e. The monoisotopic (exact) mass is 294 g/mol. The Morgan fingerprint density at radius 3 is 2.88 bits per heavy atom. The van der Waals surface area contributed by atoms with Gasteiger partial charge in [0.05, 0.1) is 12.2 Å². The number of hydrogen-bond acceptors (Lipinski definition) is 2. The van der Waals surface area contributed by atoms with Gasteiger partial charge in [0.25, 0.3) is 0 Å². The standard InChI is InChI=1S/C12H11BrN2O2/c1-8-11(12(16)17)7-15(14-8)6-9-3-2-4-10(13)5-9/h2-5,7H,6H2,1H3,(H,16,17). The van der Waals surface area contributed by atoms with Crippen LogP contribution in [0.25, 0.3) is 0 Å². The van der Waals surface area contributed by atoms with Gasteiger partial charge in [-0.1, -0.05) is 28.1 Å². The van der Waals surface area contributed by atoms with Gasteiger partial charge < -0.3 is 5.11 Å². The van der Waals surface area contributed by atoms with Crippen LogP contribution in [0.3, 0.4) is 0 Å². The largest absolute Gasteiger partial charge is 0.478 e. The third kappa shape index (κ3) is 2.74. The van der Waals surface area contributed by atoms with Gasteiger partial charge in [-0.25, -0.2) is 4.79 Å². The summed E-state index contributed by atoms with van der Waals surface area (Å²) >= 11 is 3.39. The molecule has 4 nitrogen and oxygen atoms in total. The minimum absolute atomic E-state index is 0.250. The Balaban J connectivity index is 2.25. The molecular formula is C12H11BrN2O2. The van der Waals surface area contributed by atoms with Crippen LogP contribution in [0.5, 0.6) is 0 Å². The highest BCUT2D eigenvalue weighted by molar-refractivity contribution is 9.10. The van der Waals surface area contributed by atoms with E-state index in [2.05, 4.69) is 21.0 Å². The summed E-state index contributed by atoms with van der Waals surface area (Å²) in [6.07, 6.45) is 1.55. The Hall–Kier alpha value is -1.62. The lowest BCUT2D eigenvalue weighted by molar-refractivity contribution is 0.0696. The Labute approximate surface area is 107 Å². The molecule has 0 saturated heterocycles. The van der Waals surface area contributed by atoms with E-state index in [1.165, 1.54) is 0 Å². The van der Waals surface area contributed by atoms with Crippen molar-refractivity contribution < 1.29 is 9.90 Å². The number of carbonyl (C=O) groups is 1. The maximum atomic E-state index is 10.9. The molecule has 2 aromatic rings. The van der Waals surface area contributed by atoms with Crippen molar-refractivity contribution in [3.63, 3.8) is 0 Å². The van der Waals surface area contributed by atoms with Gasteiger partial charge in [0.2, 0.25) is 0 Å². The molecule has 0 aliphatic carbocycles. The van der Waals surface area contributed by atoms with E-state index in [0.29, 0.717) is 12.2 Å². The summed E-state index contributed by atoms with van der Waals surface area (Å²) in [5.74, 6) is -0.942. The summed E-state index contributed by atoms with van der Waals surface area (Å²) in [4.78, 5) is 10.9. The fourth-order valence-electron chi connectivity index (χ4n) is 1.63. The molecule has 0 aliphatic rings. The number of aromatic nitrogens is 2. The highest BCUT2D eigenvalue weighted by atomic mass is 79.9. The molecule has 0 fully saturated rings. The van der Waals surface area contributed by atoms with Gasteiger partial charge in [0.15, 0.2) is 0 Å². The average molecular weight is 295 g/mol. The number of aromatic carboxylic acids is 1. The van der Waals surface area contributed by atoms with Crippen LogP contribution in [0.2, 0.25) is 0 Å². The van der Waals surface area contributed by atoms with Gasteiger partial charge >= 0.3 is 5.97 Å². The van der Waals surface area contributed by atoms with Gasteiger partial charge in [-0.15, -0.1) is 0 Å². The van der Waals surface area contributed by atoms with Crippen LogP contribution >= 0.6 is 15.9 Å². The van der Waals surface area contributed by atoms with Gasteiger partial charge in [-0.3, -0.25) is 4.68 Å². The van der Waals surface area contributed by atoms with Gasteiger partial charge in [0.1, 0.15) is 5.56 Å². The van der Waals surface area contributed by atoms with E-state index in [4.69, 9.17) is 5.11 Å². The number of aryl methyl sites for hydroxylation is 1. The molecule has 17 heavy (non-hydrogen) atoms. The Morgan fingerprint density at radius 1 is 1.53 bits per heavy atom. The number of benzene rings is 1. The highest BCUT2D eigenvalue weighted by Crippen LogP contribution is 2.13. The van der Waals surface area contributed by atoms with E-state index in [1.54, 1.807) is 17.8 Å². The van der Waals surface area contributed by atoms with E-state index in [1.807, 2.05) is 24.3 Å². The summed E-state index contributed by atoms with van der Waals surface area (Å²) in [5.41, 5.74) is 1.85. The maximum absolute atomic E-state index is 10.9. The first-order chi connectivity index (χ1) is 8.06. The minimum Gasteiger partial charge on any atom is -0.478 e. The lowest BCUT2D eigenvalue weighted by Gasteiger charge is -2.01. The first kappa shape index (κ1) is 11.9. The molecule has 5 heteroatoms. The molecule has 1 aromatic carbocycles. The third-order valence-corrected chi connectivity index (χ3v) is 2.90. The van der Waals surface area contributed by atoms with Gasteiger partial charge in [0, 0.05) is 10.7 Å². The van der Waals surface area contributed by atoms with Crippen LogP contribution in [0.15, 0.2) is 34.9 Å². The Kier molecular flexibility index (Phi) is 3.28. The smallest absolute Gasteiger partial charge is 0.339 e. The number of hydrogen-bond donors (Lipinski definition) is 1. The summed E-state index contributed by atoms with van der Waals surface area (Å²) in [7, 11) is 0. The summed E-state index contributed by atoms with van der Waals surface area (Å²) in [6, 6.07) is 7.84. The van der Waals surface area contributed by atoms with E-state index in [9.17, 15) is 4.79 Å². The highest BCUT2D eigenvalue weighted by Gasteiger charge is 2.11. The Morgan fingerprint density at radius 2 is 2.29 bits per heavy atom. The third-order valence-electron chi connectivity index (χ3n) is 2.41. The quantitative estimate of drug-likeness (QED) is 0.947. The number of rotatable bonds is 3. The second-order valence-electron chi connectivity index (χ2n) is 3.76. The van der Waals surface area contributed by atoms with Crippen molar-refractivity contribution in [3.8, 4) is 0 Å². The molecule has 1 heterocycles. The number of carboxylic acid groups (broad SMARTS) is 1. The van der Waals surface area contributed by atoms with Crippen molar-refractivity contribution in [2.45, 2.75) is 13.5 Å². The second kappa shape index (κ2) is 4.71. The molecule has 0 unspecified atom stereocenters. The number of nitrogens with zero attached hydrogens (tertiary/aromatic N) is 2. The molecule has 1 N–H and O–H groups in total. The average Bonchev–Trinajstić information content (AvgIpc) is 2.59. The lowest BCUT2D eigenvalue weighted by Crippen LogP contribution is -2.00. The van der Waals surface area contributed by atoms with Crippen molar-refractivity contribution in [1.82, 2.24) is 9.78 Å². The topological polar surface area (TPSA) is 55.1 Å². The van der Waals surface area contributed by atoms with Crippen molar-refractivity contribution >= 4 is 21.9 Å². The fraction of sp³-hybridized carbons (Fsp3) is 0.167. The molecule has 0 aliphatic heterocycles. The van der Waals surface area contributed by atoms with Gasteiger partial charge in [-0.2, -0.15) is 5.10 Å². The number of halogens is 1. The first-order valence-corrected chi connectivity index (χ1v) is 5.87. The van der Waals surface area contributed by atoms with Crippen LogP contribution in [0.1, 0.15) is 21.6 Å². The normalized spacial score (nSPS) is 10.5. The van der Waals surface area contributed by atoms with E-state index in [0.717, 1.165) is 10.0 Å². The molecule has 1 aromatic heterocycles. The van der Waals surface area contributed by atoms with Crippen molar-refractivity contribution in [1.29, 1.82) is 0 Å². The summed E-state index contributed by atoms with van der Waals surface area (Å²) in [6.45, 7) is 2.26. The second-order valence-corrected chi connectivity index (χ2v) is 4.68. The molecule has 0 atom stereocenters. The SMILES string of the molecule is Cc1nn(Cc2cccc(Br)c2)cc1C(=O)O. The molecule has 2 rings (SSSR count). The summed E-state index contributed by atoms with van der Waals surface area (Å²) in [5, 5.41) is 13.1. The fourth-order valence-corrected chi connectivity index (χ4v) is 2.08. The van der Waals surface area contributed by atoms with Crippen molar-refractivity contribution in [2.24, 2.45) is 0 Å². The van der Waals surface area contributed by atoms with Crippen molar-refractivity contribution in [3.05, 3.63) is 51.8 Å². The molecule has 0 amide bonds. The summed E-state index contributed by atoms with van der Waals surface area (Å²) < 4.78 is 2.64. The molecule has 0 bridgehead atoms. The molecule has 88 valence electrons. The van der Waals surface area contributed by atoms with Crippen molar-refractivity contribution in [2.75, 3.05) is 0 Å². The van der Waals surface area contributed by atoms with Crippen LogP contribution in [0.4, 0.5) is 0 Å². The van der Waals surface area contributed by atoms with Gasteiger partial charge in [-0.05, 0) is 24.6 Å². The molecule has 0 radical (unpaired) electrons. The van der Waals surface area contributed by atoms with Crippen LogP contribution in [0, 0.1) is 6.92 Å². The first-order valence-electron chi connectivity index (χ1n) is 5.08. The predicted octanol–water partition coefficient (Wildman–Crippen LogP) is 2.70. The zero-order valence-corrected chi connectivity index (χ0v) is 10.8. The van der Waals surface area contributed by atoms with Crippen LogP contribution in [-0.4, -0.2) is 20.9 Å². The molecule has 0 saturated carbocycles. The van der Waals surface area contributed by atoms with E-state index >= 15 is 0 Å².